The monoisotopic (exact) mass is 378 g/mol. The van der Waals surface area contributed by atoms with Crippen LogP contribution in [0.25, 0.3) is 0 Å². The van der Waals surface area contributed by atoms with E-state index in [0.717, 1.165) is 10.2 Å². The van der Waals surface area contributed by atoms with Crippen LogP contribution in [-0.2, 0) is 4.74 Å². The number of carbonyl (C=O) groups is 1. The molecule has 1 amide bonds. The molecule has 0 aromatic heterocycles. The van der Waals surface area contributed by atoms with Crippen LogP contribution in [0.2, 0.25) is 5.02 Å². The van der Waals surface area contributed by atoms with Crippen LogP contribution in [0.4, 0.5) is 10.5 Å². The molecule has 0 heterocycles. The molecule has 0 saturated carbocycles. The number of rotatable bonds is 5. The lowest BCUT2D eigenvalue weighted by Crippen LogP contribution is -2.35. The van der Waals surface area contributed by atoms with Gasteiger partial charge in [0.1, 0.15) is 5.60 Å². The molecule has 0 bridgehead atoms. The van der Waals surface area contributed by atoms with Gasteiger partial charge >= 0.3 is 6.09 Å². The number of hydrogen-bond donors (Lipinski definition) is 2. The molecule has 1 aromatic rings. The zero-order valence-electron chi connectivity index (χ0n) is 12.5. The summed E-state index contributed by atoms with van der Waals surface area (Å²) in [6.07, 6.45) is -0.441. The van der Waals surface area contributed by atoms with Gasteiger partial charge in [0.2, 0.25) is 0 Å². The molecule has 7 heteroatoms. The van der Waals surface area contributed by atoms with Gasteiger partial charge < -0.3 is 20.1 Å². The third-order valence-electron chi connectivity index (χ3n) is 2.32. The molecule has 1 aromatic carbocycles. The van der Waals surface area contributed by atoms with Crippen LogP contribution in [0, 0.1) is 0 Å². The Morgan fingerprint density at radius 2 is 2.00 bits per heavy atom. The molecule has 0 unspecified atom stereocenters. The second kappa shape index (κ2) is 7.75. The van der Waals surface area contributed by atoms with Gasteiger partial charge in [-0.05, 0) is 48.8 Å². The summed E-state index contributed by atoms with van der Waals surface area (Å²) >= 11 is 9.38. The van der Waals surface area contributed by atoms with Crippen molar-refractivity contribution in [1.29, 1.82) is 0 Å². The largest absolute Gasteiger partial charge is 0.493 e. The second-order valence-electron chi connectivity index (χ2n) is 5.32. The van der Waals surface area contributed by atoms with E-state index in [2.05, 4.69) is 26.6 Å². The van der Waals surface area contributed by atoms with Crippen molar-refractivity contribution in [3.63, 3.8) is 0 Å². The normalized spacial score (nSPS) is 11.0. The summed E-state index contributed by atoms with van der Waals surface area (Å²) in [5.74, 6) is 0.664. The smallest absolute Gasteiger partial charge is 0.407 e. The Kier molecular flexibility index (Phi) is 6.61. The van der Waals surface area contributed by atoms with E-state index in [9.17, 15) is 4.79 Å². The standard InChI is InChI=1S/C14H20BrClN2O3/c1-14(2,3)21-13(19)18-6-5-17-11-8-9(16)7-10(15)12(11)20-4/h7-8,17H,5-6H2,1-4H3,(H,18,19). The number of carbonyl (C=O) groups excluding carboxylic acids is 1. The highest BCUT2D eigenvalue weighted by Gasteiger charge is 2.15. The Morgan fingerprint density at radius 1 is 1.33 bits per heavy atom. The van der Waals surface area contributed by atoms with Gasteiger partial charge in [0.05, 0.1) is 17.3 Å². The van der Waals surface area contributed by atoms with Crippen LogP contribution in [0.1, 0.15) is 20.8 Å². The Morgan fingerprint density at radius 3 is 2.57 bits per heavy atom. The average molecular weight is 380 g/mol. The van der Waals surface area contributed by atoms with Gasteiger partial charge in [-0.3, -0.25) is 0 Å². The molecule has 1 rings (SSSR count). The van der Waals surface area contributed by atoms with E-state index >= 15 is 0 Å². The van der Waals surface area contributed by atoms with Crippen molar-refractivity contribution in [3.8, 4) is 5.75 Å². The fraction of sp³-hybridized carbons (Fsp3) is 0.500. The van der Waals surface area contributed by atoms with E-state index < -0.39 is 11.7 Å². The van der Waals surface area contributed by atoms with Gasteiger partial charge in [0.25, 0.3) is 0 Å². The van der Waals surface area contributed by atoms with E-state index in [1.54, 1.807) is 19.2 Å². The third-order valence-corrected chi connectivity index (χ3v) is 3.13. The summed E-state index contributed by atoms with van der Waals surface area (Å²) in [6, 6.07) is 3.52. The summed E-state index contributed by atoms with van der Waals surface area (Å²) in [4.78, 5) is 11.5. The van der Waals surface area contributed by atoms with Crippen molar-refractivity contribution >= 4 is 39.3 Å². The number of ether oxygens (including phenoxy) is 2. The lowest BCUT2D eigenvalue weighted by molar-refractivity contribution is 0.0530. The van der Waals surface area contributed by atoms with Gasteiger partial charge in [-0.2, -0.15) is 0 Å². The van der Waals surface area contributed by atoms with Crippen LogP contribution in [0.3, 0.4) is 0 Å². The summed E-state index contributed by atoms with van der Waals surface area (Å²) in [5, 5.41) is 6.41. The van der Waals surface area contributed by atoms with Crippen LogP contribution in [0.5, 0.6) is 5.75 Å². The first-order chi connectivity index (χ1) is 9.73. The van der Waals surface area contributed by atoms with Gasteiger partial charge in [-0.25, -0.2) is 4.79 Å². The van der Waals surface area contributed by atoms with Crippen molar-refractivity contribution in [2.45, 2.75) is 26.4 Å². The lowest BCUT2D eigenvalue weighted by atomic mass is 10.2. The van der Waals surface area contributed by atoms with Gasteiger partial charge in [0.15, 0.2) is 5.75 Å². The van der Waals surface area contributed by atoms with Crippen molar-refractivity contribution in [2.24, 2.45) is 0 Å². The zero-order chi connectivity index (χ0) is 16.0. The first-order valence-electron chi connectivity index (χ1n) is 6.46. The van der Waals surface area contributed by atoms with Crippen LogP contribution < -0.4 is 15.4 Å². The summed E-state index contributed by atoms with van der Waals surface area (Å²) in [6.45, 7) is 6.39. The minimum Gasteiger partial charge on any atom is -0.493 e. The summed E-state index contributed by atoms with van der Waals surface area (Å²) in [7, 11) is 1.58. The van der Waals surface area contributed by atoms with Crippen LogP contribution in [0.15, 0.2) is 16.6 Å². The predicted octanol–water partition coefficient (Wildman–Crippen LogP) is 4.05. The van der Waals surface area contributed by atoms with Gasteiger partial charge in [0, 0.05) is 18.1 Å². The maximum Gasteiger partial charge on any atom is 0.407 e. The minimum atomic E-state index is -0.501. The quantitative estimate of drug-likeness (QED) is 0.758. The molecule has 0 aliphatic heterocycles. The first-order valence-corrected chi connectivity index (χ1v) is 7.64. The maximum atomic E-state index is 11.5. The number of nitrogens with one attached hydrogen (secondary N) is 2. The number of anilines is 1. The molecule has 21 heavy (non-hydrogen) atoms. The average Bonchev–Trinajstić information content (AvgIpc) is 2.32. The molecule has 5 nitrogen and oxygen atoms in total. The first kappa shape index (κ1) is 17.9. The maximum absolute atomic E-state index is 11.5. The number of alkyl carbamates (subject to hydrolysis) is 1. The highest BCUT2D eigenvalue weighted by Crippen LogP contribution is 2.36. The van der Waals surface area contributed by atoms with Crippen LogP contribution in [-0.4, -0.2) is 31.9 Å². The Balaban J connectivity index is 2.48. The SMILES string of the molecule is COc1c(Br)cc(Cl)cc1NCCNC(=O)OC(C)(C)C. The molecule has 0 aliphatic rings. The molecule has 0 fully saturated rings. The van der Waals surface area contributed by atoms with E-state index in [-0.39, 0.29) is 0 Å². The van der Waals surface area contributed by atoms with E-state index in [1.807, 2.05) is 20.8 Å². The Labute approximate surface area is 138 Å². The lowest BCUT2D eigenvalue weighted by Gasteiger charge is -2.20. The number of halogens is 2. The molecular weight excluding hydrogens is 360 g/mol. The Bertz CT molecular complexity index is 504. The number of amides is 1. The predicted molar refractivity (Wildman–Crippen MR) is 88.4 cm³/mol. The summed E-state index contributed by atoms with van der Waals surface area (Å²) in [5.41, 5.74) is 0.251. The topological polar surface area (TPSA) is 59.6 Å². The van der Waals surface area contributed by atoms with Crippen LogP contribution >= 0.6 is 27.5 Å². The minimum absolute atomic E-state index is 0.419. The Hall–Kier alpha value is -1.14. The molecule has 118 valence electrons. The van der Waals surface area contributed by atoms with Crippen molar-refractivity contribution in [2.75, 3.05) is 25.5 Å². The fourth-order valence-corrected chi connectivity index (χ4v) is 2.55. The second-order valence-corrected chi connectivity index (χ2v) is 6.61. The fourth-order valence-electron chi connectivity index (χ4n) is 1.58. The van der Waals surface area contributed by atoms with E-state index in [4.69, 9.17) is 21.1 Å². The van der Waals surface area contributed by atoms with Crippen molar-refractivity contribution in [1.82, 2.24) is 5.32 Å². The number of hydrogen-bond acceptors (Lipinski definition) is 4. The summed E-state index contributed by atoms with van der Waals surface area (Å²) < 4.78 is 11.2. The molecule has 0 radical (unpaired) electrons. The molecule has 2 N–H and O–H groups in total. The number of benzene rings is 1. The molecule has 0 spiro atoms. The zero-order valence-corrected chi connectivity index (χ0v) is 14.9. The molecule has 0 saturated heterocycles. The van der Waals surface area contributed by atoms with Gasteiger partial charge in [-0.1, -0.05) is 11.6 Å². The highest BCUT2D eigenvalue weighted by molar-refractivity contribution is 9.10. The molecule has 0 aliphatic carbocycles. The van der Waals surface area contributed by atoms with E-state index in [0.29, 0.717) is 23.9 Å². The molecular formula is C14H20BrClN2O3. The number of methoxy groups -OCH3 is 1. The molecule has 0 atom stereocenters. The highest BCUT2D eigenvalue weighted by atomic mass is 79.9. The van der Waals surface area contributed by atoms with Crippen molar-refractivity contribution < 1.29 is 14.3 Å². The van der Waals surface area contributed by atoms with Crippen molar-refractivity contribution in [3.05, 3.63) is 21.6 Å². The van der Waals surface area contributed by atoms with Gasteiger partial charge in [-0.15, -0.1) is 0 Å². The third kappa shape index (κ3) is 6.44. The van der Waals surface area contributed by atoms with E-state index in [1.165, 1.54) is 0 Å².